The number of imidazole rings is 1. The minimum absolute atomic E-state index is 0.572. The second-order valence-corrected chi connectivity index (χ2v) is 5.73. The van der Waals surface area contributed by atoms with Crippen LogP contribution in [0.25, 0.3) is 11.0 Å². The molecule has 1 fully saturated rings. The van der Waals surface area contributed by atoms with Crippen molar-refractivity contribution in [1.29, 1.82) is 0 Å². The zero-order chi connectivity index (χ0) is 14.8. The molecular weight excluding hydrogens is 262 g/mol. The largest absolute Gasteiger partial charge is 0.357 e. The van der Waals surface area contributed by atoms with Crippen molar-refractivity contribution < 1.29 is 0 Å². The van der Waals surface area contributed by atoms with Gasteiger partial charge in [0.05, 0.1) is 11.0 Å². The number of aliphatic imine (C=N–C) groups is 1. The maximum atomic E-state index is 4.67. The number of para-hydroxylation sites is 2. The second kappa shape index (κ2) is 5.76. The van der Waals surface area contributed by atoms with Crippen molar-refractivity contribution in [3.8, 4) is 0 Å². The Morgan fingerprint density at radius 3 is 2.86 bits per heavy atom. The minimum atomic E-state index is 0.572. The molecule has 0 saturated heterocycles. The molecule has 5 heteroatoms. The van der Waals surface area contributed by atoms with Crippen molar-refractivity contribution in [2.45, 2.75) is 32.9 Å². The zero-order valence-electron chi connectivity index (χ0n) is 12.9. The first-order chi connectivity index (χ1) is 10.2. The van der Waals surface area contributed by atoms with Crippen LogP contribution in [0.2, 0.25) is 0 Å². The molecule has 0 bridgehead atoms. The molecule has 3 rings (SSSR count). The van der Waals surface area contributed by atoms with Gasteiger partial charge >= 0.3 is 0 Å². The van der Waals surface area contributed by atoms with Crippen molar-refractivity contribution in [3.05, 3.63) is 30.1 Å². The Morgan fingerprint density at radius 2 is 2.19 bits per heavy atom. The summed E-state index contributed by atoms with van der Waals surface area (Å²) in [5.74, 6) is 2.63. The summed E-state index contributed by atoms with van der Waals surface area (Å²) in [6.07, 6.45) is 1.23. The summed E-state index contributed by atoms with van der Waals surface area (Å²) < 4.78 is 2.11. The summed E-state index contributed by atoms with van der Waals surface area (Å²) in [5.41, 5.74) is 2.18. The van der Waals surface area contributed by atoms with Gasteiger partial charge in [-0.3, -0.25) is 0 Å². The van der Waals surface area contributed by atoms with E-state index >= 15 is 0 Å². The van der Waals surface area contributed by atoms with Crippen molar-refractivity contribution >= 4 is 17.0 Å². The SMILES string of the molecule is CCNC(=NCc1nc2ccccc2n1C)NC1CC1C. The lowest BCUT2D eigenvalue weighted by atomic mass is 10.3. The number of aromatic nitrogens is 2. The molecule has 2 atom stereocenters. The van der Waals surface area contributed by atoms with Crippen LogP contribution in [0.4, 0.5) is 0 Å². The van der Waals surface area contributed by atoms with Gasteiger partial charge < -0.3 is 15.2 Å². The summed E-state index contributed by atoms with van der Waals surface area (Å²) >= 11 is 0. The van der Waals surface area contributed by atoms with Gasteiger partial charge in [0, 0.05) is 19.6 Å². The van der Waals surface area contributed by atoms with E-state index < -0.39 is 0 Å². The highest BCUT2D eigenvalue weighted by molar-refractivity contribution is 5.80. The standard InChI is InChI=1S/C16H23N5/c1-4-17-16(20-13-9-11(13)2)18-10-15-19-12-7-5-6-8-14(12)21(15)3/h5-8,11,13H,4,9-10H2,1-3H3,(H2,17,18,20). The van der Waals surface area contributed by atoms with Crippen LogP contribution in [0, 0.1) is 5.92 Å². The molecule has 1 aromatic carbocycles. The molecule has 2 aromatic rings. The lowest BCUT2D eigenvalue weighted by Gasteiger charge is -2.10. The number of guanidine groups is 1. The van der Waals surface area contributed by atoms with Gasteiger partial charge in [0.15, 0.2) is 5.96 Å². The van der Waals surface area contributed by atoms with E-state index in [1.807, 2.05) is 25.2 Å². The third-order valence-electron chi connectivity index (χ3n) is 4.03. The molecule has 1 saturated carbocycles. The Balaban J connectivity index is 1.76. The van der Waals surface area contributed by atoms with Crippen molar-refractivity contribution in [2.75, 3.05) is 6.54 Å². The Labute approximate surface area is 125 Å². The molecule has 112 valence electrons. The summed E-state index contributed by atoms with van der Waals surface area (Å²) in [5, 5.41) is 6.77. The van der Waals surface area contributed by atoms with Gasteiger partial charge in [-0.25, -0.2) is 9.98 Å². The molecule has 21 heavy (non-hydrogen) atoms. The molecule has 0 radical (unpaired) electrons. The van der Waals surface area contributed by atoms with E-state index in [1.54, 1.807) is 0 Å². The van der Waals surface area contributed by atoms with E-state index in [4.69, 9.17) is 0 Å². The maximum Gasteiger partial charge on any atom is 0.191 e. The van der Waals surface area contributed by atoms with E-state index in [9.17, 15) is 0 Å². The van der Waals surface area contributed by atoms with Crippen LogP contribution in [0.5, 0.6) is 0 Å². The molecule has 0 amide bonds. The van der Waals surface area contributed by atoms with Crippen molar-refractivity contribution in [1.82, 2.24) is 20.2 Å². The lowest BCUT2D eigenvalue weighted by molar-refractivity contribution is 0.752. The number of nitrogens with zero attached hydrogens (tertiary/aromatic N) is 3. The first-order valence-corrected chi connectivity index (χ1v) is 7.64. The average molecular weight is 285 g/mol. The summed E-state index contributed by atoms with van der Waals surface area (Å²) in [7, 11) is 2.05. The molecular formula is C16H23N5. The minimum Gasteiger partial charge on any atom is -0.357 e. The fourth-order valence-electron chi connectivity index (χ4n) is 2.51. The van der Waals surface area contributed by atoms with Crippen molar-refractivity contribution in [2.24, 2.45) is 18.0 Å². The maximum absolute atomic E-state index is 4.67. The third kappa shape index (κ3) is 3.01. The fourth-order valence-corrected chi connectivity index (χ4v) is 2.51. The van der Waals surface area contributed by atoms with Crippen LogP contribution in [-0.2, 0) is 13.6 Å². The van der Waals surface area contributed by atoms with Crippen LogP contribution in [0.1, 0.15) is 26.1 Å². The van der Waals surface area contributed by atoms with Gasteiger partial charge in [-0.2, -0.15) is 0 Å². The first kappa shape index (κ1) is 13.9. The highest BCUT2D eigenvalue weighted by Crippen LogP contribution is 2.28. The van der Waals surface area contributed by atoms with E-state index in [0.29, 0.717) is 12.6 Å². The quantitative estimate of drug-likeness (QED) is 0.667. The van der Waals surface area contributed by atoms with Gasteiger partial charge in [0.2, 0.25) is 0 Å². The van der Waals surface area contributed by atoms with Gasteiger partial charge in [-0.15, -0.1) is 0 Å². The molecule has 2 N–H and O–H groups in total. The van der Waals surface area contributed by atoms with Crippen LogP contribution < -0.4 is 10.6 Å². The van der Waals surface area contributed by atoms with Crippen molar-refractivity contribution in [3.63, 3.8) is 0 Å². The molecule has 1 aromatic heterocycles. The van der Waals surface area contributed by atoms with E-state index in [-0.39, 0.29) is 0 Å². The first-order valence-electron chi connectivity index (χ1n) is 7.64. The molecule has 0 aliphatic heterocycles. The predicted octanol–water partition coefficient (Wildman–Crippen LogP) is 2.04. The fraction of sp³-hybridized carbons (Fsp3) is 0.500. The zero-order valence-corrected chi connectivity index (χ0v) is 12.9. The summed E-state index contributed by atoms with van der Waals surface area (Å²) in [6.45, 7) is 5.80. The Kier molecular flexibility index (Phi) is 3.82. The monoisotopic (exact) mass is 285 g/mol. The Morgan fingerprint density at radius 1 is 1.43 bits per heavy atom. The summed E-state index contributed by atoms with van der Waals surface area (Å²) in [6, 6.07) is 8.76. The number of nitrogens with one attached hydrogen (secondary N) is 2. The van der Waals surface area contributed by atoms with Gasteiger partial charge in [0.1, 0.15) is 12.4 Å². The molecule has 0 spiro atoms. The summed E-state index contributed by atoms with van der Waals surface area (Å²) in [4.78, 5) is 9.32. The highest BCUT2D eigenvalue weighted by Gasteiger charge is 2.33. The second-order valence-electron chi connectivity index (χ2n) is 5.73. The number of hydrogen-bond acceptors (Lipinski definition) is 2. The number of rotatable bonds is 4. The predicted molar refractivity (Wildman–Crippen MR) is 86.2 cm³/mol. The number of aryl methyl sites for hydroxylation is 1. The van der Waals surface area contributed by atoms with Gasteiger partial charge in [0.25, 0.3) is 0 Å². The van der Waals surface area contributed by atoms with E-state index in [0.717, 1.165) is 35.3 Å². The highest BCUT2D eigenvalue weighted by atomic mass is 15.2. The smallest absolute Gasteiger partial charge is 0.191 e. The molecule has 2 unspecified atom stereocenters. The van der Waals surface area contributed by atoms with Gasteiger partial charge in [-0.1, -0.05) is 19.1 Å². The van der Waals surface area contributed by atoms with E-state index in [2.05, 4.69) is 45.1 Å². The lowest BCUT2D eigenvalue weighted by Crippen LogP contribution is -2.39. The normalized spacial score (nSPS) is 21.6. The van der Waals surface area contributed by atoms with Gasteiger partial charge in [-0.05, 0) is 31.4 Å². The average Bonchev–Trinajstić information content (AvgIpc) is 3.07. The number of benzene rings is 1. The Hall–Kier alpha value is -2.04. The van der Waals surface area contributed by atoms with Crippen LogP contribution >= 0.6 is 0 Å². The van der Waals surface area contributed by atoms with Crippen LogP contribution in [0.15, 0.2) is 29.3 Å². The topological polar surface area (TPSA) is 54.2 Å². The van der Waals surface area contributed by atoms with Crippen LogP contribution in [0.3, 0.4) is 0 Å². The molecule has 1 aliphatic carbocycles. The molecule has 1 aliphatic rings. The third-order valence-corrected chi connectivity index (χ3v) is 4.03. The number of hydrogen-bond donors (Lipinski definition) is 2. The van der Waals surface area contributed by atoms with Crippen LogP contribution in [-0.4, -0.2) is 28.1 Å². The molecule has 1 heterocycles. The number of fused-ring (bicyclic) bond motifs is 1. The van der Waals surface area contributed by atoms with E-state index in [1.165, 1.54) is 6.42 Å². The molecule has 5 nitrogen and oxygen atoms in total. The Bertz CT molecular complexity index is 658.